The molecule has 0 aliphatic carbocycles. The number of sulfone groups is 1. The molecule has 0 aromatic carbocycles. The third-order valence-electron chi connectivity index (χ3n) is 3.42. The van der Waals surface area contributed by atoms with Crippen molar-refractivity contribution >= 4 is 9.84 Å². The Morgan fingerprint density at radius 3 is 2.29 bits per heavy atom. The molecule has 0 bridgehead atoms. The van der Waals surface area contributed by atoms with Gasteiger partial charge in [-0.1, -0.05) is 13.3 Å². The van der Waals surface area contributed by atoms with Crippen LogP contribution in [0.4, 0.5) is 0 Å². The third-order valence-corrected chi connectivity index (χ3v) is 6.02. The van der Waals surface area contributed by atoms with Gasteiger partial charge >= 0.3 is 0 Å². The van der Waals surface area contributed by atoms with E-state index in [1.807, 2.05) is 18.9 Å². The zero-order valence-electron chi connectivity index (χ0n) is 11.6. The summed E-state index contributed by atoms with van der Waals surface area (Å²) in [4.78, 5) is 0. The minimum absolute atomic E-state index is 0.204. The summed E-state index contributed by atoms with van der Waals surface area (Å²) in [7, 11) is -3.08. The molecule has 4 nitrogen and oxygen atoms in total. The highest BCUT2D eigenvalue weighted by Gasteiger charge is 2.44. The third kappa shape index (κ3) is 3.01. The van der Waals surface area contributed by atoms with Gasteiger partial charge in [-0.3, -0.25) is 5.43 Å². The van der Waals surface area contributed by atoms with Gasteiger partial charge in [0.25, 0.3) is 0 Å². The first-order valence-electron chi connectivity index (χ1n) is 6.56. The molecule has 1 fully saturated rings. The summed E-state index contributed by atoms with van der Waals surface area (Å²) < 4.78 is 24.9. The fourth-order valence-corrected chi connectivity index (χ4v) is 4.40. The molecule has 1 N–H and O–H groups in total. The van der Waals surface area contributed by atoms with Crippen LogP contribution in [-0.2, 0) is 9.84 Å². The summed E-state index contributed by atoms with van der Waals surface area (Å²) in [5, 5.41) is 1.26. The molecule has 1 aliphatic heterocycles. The normalized spacial score (nSPS) is 27.2. The summed E-state index contributed by atoms with van der Waals surface area (Å²) in [6.45, 7) is 10.5. The summed E-state index contributed by atoms with van der Waals surface area (Å²) in [5.74, 6) is 0.217. The molecule has 1 aliphatic rings. The minimum Gasteiger partial charge on any atom is -0.253 e. The van der Waals surface area contributed by atoms with Crippen molar-refractivity contribution in [1.29, 1.82) is 0 Å². The van der Waals surface area contributed by atoms with Crippen LogP contribution in [0.1, 0.15) is 47.5 Å². The zero-order valence-corrected chi connectivity index (χ0v) is 12.4. The molecule has 1 heterocycles. The Bertz CT molecular complexity index is 338. The number of hydrazine groups is 1. The SMILES string of the molecule is CCCC1CNN(C(C)C)C1S(=O)(=O)C(C)C. The molecule has 1 rings (SSSR count). The lowest BCUT2D eigenvalue weighted by Gasteiger charge is -2.31. The maximum absolute atomic E-state index is 12.5. The number of hydrogen-bond donors (Lipinski definition) is 1. The van der Waals surface area contributed by atoms with Crippen LogP contribution in [-0.4, -0.2) is 36.6 Å². The average Bonchev–Trinajstić information content (AvgIpc) is 2.62. The molecule has 2 atom stereocenters. The quantitative estimate of drug-likeness (QED) is 0.820. The second-order valence-corrected chi connectivity index (χ2v) is 8.04. The van der Waals surface area contributed by atoms with E-state index in [9.17, 15) is 8.42 Å². The van der Waals surface area contributed by atoms with E-state index in [1.54, 1.807) is 13.8 Å². The van der Waals surface area contributed by atoms with Gasteiger partial charge in [0.05, 0.1) is 5.25 Å². The Morgan fingerprint density at radius 2 is 1.88 bits per heavy atom. The lowest BCUT2D eigenvalue weighted by atomic mass is 10.1. The van der Waals surface area contributed by atoms with Crippen molar-refractivity contribution in [3.8, 4) is 0 Å². The van der Waals surface area contributed by atoms with Crippen molar-refractivity contribution < 1.29 is 8.42 Å². The molecular weight excluding hydrogens is 236 g/mol. The molecule has 102 valence electrons. The van der Waals surface area contributed by atoms with E-state index in [1.165, 1.54) is 0 Å². The average molecular weight is 262 g/mol. The van der Waals surface area contributed by atoms with Crippen LogP contribution in [0, 0.1) is 5.92 Å². The first-order valence-corrected chi connectivity index (χ1v) is 8.17. The van der Waals surface area contributed by atoms with Gasteiger partial charge in [0.2, 0.25) is 0 Å². The first-order chi connectivity index (χ1) is 7.82. The van der Waals surface area contributed by atoms with Crippen molar-refractivity contribution in [3.63, 3.8) is 0 Å². The van der Waals surface area contributed by atoms with Crippen LogP contribution in [0.15, 0.2) is 0 Å². The molecule has 5 heteroatoms. The molecule has 1 saturated heterocycles. The maximum Gasteiger partial charge on any atom is 0.170 e. The van der Waals surface area contributed by atoms with E-state index in [0.717, 1.165) is 19.4 Å². The lowest BCUT2D eigenvalue weighted by molar-refractivity contribution is 0.170. The predicted molar refractivity (Wildman–Crippen MR) is 71.2 cm³/mol. The number of hydrogen-bond acceptors (Lipinski definition) is 4. The van der Waals surface area contributed by atoms with Gasteiger partial charge in [0.15, 0.2) is 9.84 Å². The highest BCUT2D eigenvalue weighted by atomic mass is 32.2. The lowest BCUT2D eigenvalue weighted by Crippen LogP contribution is -2.49. The van der Waals surface area contributed by atoms with Gasteiger partial charge < -0.3 is 0 Å². The van der Waals surface area contributed by atoms with Crippen LogP contribution in [0.3, 0.4) is 0 Å². The Morgan fingerprint density at radius 1 is 1.29 bits per heavy atom. The highest BCUT2D eigenvalue weighted by Crippen LogP contribution is 2.29. The van der Waals surface area contributed by atoms with E-state index >= 15 is 0 Å². The Labute approximate surface area is 106 Å². The van der Waals surface area contributed by atoms with E-state index in [-0.39, 0.29) is 22.6 Å². The van der Waals surface area contributed by atoms with Crippen molar-refractivity contribution in [2.45, 2.75) is 64.1 Å². The largest absolute Gasteiger partial charge is 0.253 e. The topological polar surface area (TPSA) is 49.4 Å². The maximum atomic E-state index is 12.5. The molecule has 0 spiro atoms. The Hall–Kier alpha value is -0.130. The number of rotatable bonds is 5. The Kier molecular flexibility index (Phi) is 4.98. The first kappa shape index (κ1) is 14.9. The van der Waals surface area contributed by atoms with Crippen molar-refractivity contribution in [1.82, 2.24) is 10.4 Å². The molecule has 2 unspecified atom stereocenters. The van der Waals surface area contributed by atoms with Crippen molar-refractivity contribution in [2.24, 2.45) is 5.92 Å². The van der Waals surface area contributed by atoms with Gasteiger partial charge in [0, 0.05) is 18.5 Å². The molecular formula is C12H26N2O2S. The monoisotopic (exact) mass is 262 g/mol. The zero-order chi connectivity index (χ0) is 13.2. The van der Waals surface area contributed by atoms with E-state index in [2.05, 4.69) is 12.3 Å². The molecule has 17 heavy (non-hydrogen) atoms. The fourth-order valence-electron chi connectivity index (χ4n) is 2.44. The van der Waals surface area contributed by atoms with Crippen molar-refractivity contribution in [2.75, 3.05) is 6.54 Å². The molecule has 0 radical (unpaired) electrons. The highest BCUT2D eigenvalue weighted by molar-refractivity contribution is 7.92. The molecule has 0 amide bonds. The van der Waals surface area contributed by atoms with Crippen LogP contribution >= 0.6 is 0 Å². The van der Waals surface area contributed by atoms with Crippen LogP contribution in [0.25, 0.3) is 0 Å². The van der Waals surface area contributed by atoms with Gasteiger partial charge in [-0.05, 0) is 34.1 Å². The molecule has 0 aromatic heterocycles. The summed E-state index contributed by atoms with van der Waals surface area (Å²) in [6.07, 6.45) is 2.00. The van der Waals surface area contributed by atoms with Gasteiger partial charge in [-0.2, -0.15) is 0 Å². The van der Waals surface area contributed by atoms with Gasteiger partial charge in [0.1, 0.15) is 5.37 Å². The number of nitrogens with one attached hydrogen (secondary N) is 1. The summed E-state index contributed by atoms with van der Waals surface area (Å²) >= 11 is 0. The van der Waals surface area contributed by atoms with Crippen LogP contribution < -0.4 is 5.43 Å². The van der Waals surface area contributed by atoms with Gasteiger partial charge in [-0.25, -0.2) is 13.4 Å². The van der Waals surface area contributed by atoms with Crippen LogP contribution in [0.5, 0.6) is 0 Å². The fraction of sp³-hybridized carbons (Fsp3) is 1.00. The minimum atomic E-state index is -3.08. The van der Waals surface area contributed by atoms with Crippen molar-refractivity contribution in [3.05, 3.63) is 0 Å². The van der Waals surface area contributed by atoms with E-state index in [0.29, 0.717) is 0 Å². The molecule has 0 saturated carbocycles. The standard InChI is InChI=1S/C12H26N2O2S/c1-6-7-11-8-13-14(9(2)3)12(11)17(15,16)10(4)5/h9-13H,6-8H2,1-5H3. The van der Waals surface area contributed by atoms with E-state index < -0.39 is 9.84 Å². The number of nitrogens with zero attached hydrogens (tertiary/aromatic N) is 1. The van der Waals surface area contributed by atoms with E-state index in [4.69, 9.17) is 0 Å². The molecule has 0 aromatic rings. The smallest absolute Gasteiger partial charge is 0.170 e. The van der Waals surface area contributed by atoms with Gasteiger partial charge in [-0.15, -0.1) is 0 Å². The Balaban J connectivity index is 3.01. The predicted octanol–water partition coefficient (Wildman–Crippen LogP) is 1.78. The second kappa shape index (κ2) is 5.67. The van der Waals surface area contributed by atoms with Crippen LogP contribution in [0.2, 0.25) is 0 Å². The summed E-state index contributed by atoms with van der Waals surface area (Å²) in [5.41, 5.74) is 3.26. The second-order valence-electron chi connectivity index (χ2n) is 5.44. The summed E-state index contributed by atoms with van der Waals surface area (Å²) in [6, 6.07) is 0.204.